The molecule has 0 bridgehead atoms. The van der Waals surface area contributed by atoms with Crippen molar-refractivity contribution in [1.82, 2.24) is 20.3 Å². The summed E-state index contributed by atoms with van der Waals surface area (Å²) in [6.07, 6.45) is 5.90. The molecule has 0 saturated heterocycles. The molecule has 1 atom stereocenters. The van der Waals surface area contributed by atoms with Crippen molar-refractivity contribution in [2.45, 2.75) is 32.4 Å². The van der Waals surface area contributed by atoms with Crippen molar-refractivity contribution >= 4 is 40.0 Å². The number of hydrogen-bond acceptors (Lipinski definition) is 5. The molecule has 0 aliphatic heterocycles. The van der Waals surface area contributed by atoms with Crippen LogP contribution in [0.25, 0.3) is 10.9 Å². The van der Waals surface area contributed by atoms with E-state index in [0.717, 1.165) is 10.9 Å². The van der Waals surface area contributed by atoms with Gasteiger partial charge in [-0.05, 0) is 50.6 Å². The van der Waals surface area contributed by atoms with Crippen LogP contribution in [0, 0.1) is 0 Å². The van der Waals surface area contributed by atoms with Crippen molar-refractivity contribution in [2.24, 2.45) is 0 Å². The number of aromatic nitrogens is 3. The van der Waals surface area contributed by atoms with Gasteiger partial charge in [0.2, 0.25) is 5.91 Å². The molecule has 2 aromatic heterocycles. The quantitative estimate of drug-likeness (QED) is 0.441. The smallest absolute Gasteiger partial charge is 0.279 e. The van der Waals surface area contributed by atoms with E-state index in [4.69, 9.17) is 11.6 Å². The molecule has 0 aliphatic rings. The number of benzene rings is 2. The Hall–Kier alpha value is -3.84. The summed E-state index contributed by atoms with van der Waals surface area (Å²) in [7, 11) is 0. The third-order valence-electron chi connectivity index (χ3n) is 5.05. The number of para-hydroxylation sites is 1. The van der Waals surface area contributed by atoms with E-state index >= 15 is 0 Å². The first-order valence-electron chi connectivity index (χ1n) is 10.7. The molecule has 0 aliphatic carbocycles. The molecule has 8 heteroatoms. The van der Waals surface area contributed by atoms with Gasteiger partial charge in [0.25, 0.3) is 5.91 Å². The zero-order valence-corrected chi connectivity index (χ0v) is 19.8. The number of carbonyl (C=O) groups excluding carboxylic acids is 2. The zero-order chi connectivity index (χ0) is 24.3. The summed E-state index contributed by atoms with van der Waals surface area (Å²) in [5.41, 5.74) is 1.42. The highest BCUT2D eigenvalue weighted by molar-refractivity contribution is 6.30. The standard InChI is InChI=1S/C26H24ClN5O2/c1-26(2,3)31-24(33)23(17-8-10-19(27)11-9-17)32(25(34)22-16-28-12-13-29-22)20-14-18-6-4-5-7-21(18)30-15-20/h4-16,23H,1-3H3,(H,31,33). The topological polar surface area (TPSA) is 88.1 Å². The summed E-state index contributed by atoms with van der Waals surface area (Å²) < 4.78 is 0. The SMILES string of the molecule is CC(C)(C)NC(=O)C(c1ccc(Cl)cc1)N(C(=O)c1cnccn1)c1cnc2ccccc2c1. The minimum Gasteiger partial charge on any atom is -0.349 e. The van der Waals surface area contributed by atoms with Gasteiger partial charge in [-0.3, -0.25) is 24.5 Å². The minimum atomic E-state index is -1.01. The number of hydrogen-bond donors (Lipinski definition) is 1. The van der Waals surface area contributed by atoms with Gasteiger partial charge in [-0.15, -0.1) is 0 Å². The number of anilines is 1. The molecule has 0 spiro atoms. The lowest BCUT2D eigenvalue weighted by molar-refractivity contribution is -0.123. The number of amides is 2. The van der Waals surface area contributed by atoms with Crippen molar-refractivity contribution in [1.29, 1.82) is 0 Å². The minimum absolute atomic E-state index is 0.109. The van der Waals surface area contributed by atoms with E-state index in [-0.39, 0.29) is 11.6 Å². The van der Waals surface area contributed by atoms with Crippen LogP contribution >= 0.6 is 11.6 Å². The van der Waals surface area contributed by atoms with Crippen molar-refractivity contribution in [3.8, 4) is 0 Å². The third-order valence-corrected chi connectivity index (χ3v) is 5.30. The number of halogens is 1. The molecule has 2 aromatic carbocycles. The molecule has 34 heavy (non-hydrogen) atoms. The Bertz CT molecular complexity index is 1320. The van der Waals surface area contributed by atoms with Gasteiger partial charge in [0.05, 0.1) is 23.6 Å². The third kappa shape index (κ3) is 5.21. The van der Waals surface area contributed by atoms with Gasteiger partial charge in [0.15, 0.2) is 0 Å². The maximum atomic E-state index is 13.8. The maximum absolute atomic E-state index is 13.8. The van der Waals surface area contributed by atoms with Gasteiger partial charge in [0, 0.05) is 28.3 Å². The predicted molar refractivity (Wildman–Crippen MR) is 133 cm³/mol. The van der Waals surface area contributed by atoms with E-state index in [1.807, 2.05) is 51.1 Å². The van der Waals surface area contributed by atoms with Crippen LogP contribution in [-0.4, -0.2) is 32.3 Å². The maximum Gasteiger partial charge on any atom is 0.279 e. The second-order valence-electron chi connectivity index (χ2n) is 8.85. The number of fused-ring (bicyclic) bond motifs is 1. The van der Waals surface area contributed by atoms with Gasteiger partial charge in [-0.25, -0.2) is 4.98 Å². The Balaban J connectivity index is 1.92. The van der Waals surface area contributed by atoms with Crippen LogP contribution < -0.4 is 10.2 Å². The number of rotatable bonds is 5. The molecular weight excluding hydrogens is 450 g/mol. The summed E-state index contributed by atoms with van der Waals surface area (Å²) in [6.45, 7) is 5.66. The summed E-state index contributed by atoms with van der Waals surface area (Å²) >= 11 is 6.11. The molecule has 172 valence electrons. The lowest BCUT2D eigenvalue weighted by Gasteiger charge is -2.33. The van der Waals surface area contributed by atoms with E-state index < -0.39 is 17.5 Å². The fourth-order valence-electron chi connectivity index (χ4n) is 3.61. The largest absolute Gasteiger partial charge is 0.349 e. The molecule has 4 rings (SSSR count). The highest BCUT2D eigenvalue weighted by atomic mass is 35.5. The molecule has 2 heterocycles. The summed E-state index contributed by atoms with van der Waals surface area (Å²) in [5.74, 6) is -0.825. The second-order valence-corrected chi connectivity index (χ2v) is 9.28. The van der Waals surface area contributed by atoms with E-state index in [2.05, 4.69) is 20.3 Å². The normalized spacial score (nSPS) is 12.2. The Morgan fingerprint density at radius 2 is 1.71 bits per heavy atom. The number of carbonyl (C=O) groups is 2. The Labute approximate surface area is 202 Å². The number of pyridine rings is 1. The van der Waals surface area contributed by atoms with E-state index in [1.54, 1.807) is 30.5 Å². The first-order valence-corrected chi connectivity index (χ1v) is 11.1. The molecule has 7 nitrogen and oxygen atoms in total. The van der Waals surface area contributed by atoms with Gasteiger partial charge >= 0.3 is 0 Å². The van der Waals surface area contributed by atoms with Gasteiger partial charge in [-0.1, -0.05) is 41.9 Å². The van der Waals surface area contributed by atoms with Crippen LogP contribution in [0.1, 0.15) is 42.9 Å². The van der Waals surface area contributed by atoms with E-state index in [1.165, 1.54) is 23.5 Å². The first kappa shape index (κ1) is 23.3. The molecular formula is C26H24ClN5O2. The molecule has 0 radical (unpaired) electrons. The molecule has 0 fully saturated rings. The van der Waals surface area contributed by atoms with Gasteiger partial charge in [-0.2, -0.15) is 0 Å². The average Bonchev–Trinajstić information content (AvgIpc) is 2.82. The van der Waals surface area contributed by atoms with Gasteiger partial charge in [0.1, 0.15) is 11.7 Å². The van der Waals surface area contributed by atoms with Crippen LogP contribution in [0.2, 0.25) is 5.02 Å². The van der Waals surface area contributed by atoms with Crippen molar-refractivity contribution in [3.05, 3.63) is 95.7 Å². The summed E-state index contributed by atoms with van der Waals surface area (Å²) in [5, 5.41) is 4.37. The highest BCUT2D eigenvalue weighted by Crippen LogP contribution is 2.32. The molecule has 2 amide bonds. The van der Waals surface area contributed by atoms with Gasteiger partial charge < -0.3 is 5.32 Å². The molecule has 1 unspecified atom stereocenters. The number of nitrogens with zero attached hydrogens (tertiary/aromatic N) is 4. The summed E-state index contributed by atoms with van der Waals surface area (Å²) in [4.78, 5) is 41.6. The Morgan fingerprint density at radius 3 is 2.38 bits per heavy atom. The first-order chi connectivity index (χ1) is 16.2. The van der Waals surface area contributed by atoms with E-state index in [0.29, 0.717) is 16.3 Å². The second kappa shape index (κ2) is 9.57. The predicted octanol–water partition coefficient (Wildman–Crippen LogP) is 4.98. The fraction of sp³-hybridized carbons (Fsp3) is 0.192. The average molecular weight is 474 g/mol. The van der Waals surface area contributed by atoms with Crippen molar-refractivity contribution in [2.75, 3.05) is 4.90 Å². The monoisotopic (exact) mass is 473 g/mol. The zero-order valence-electron chi connectivity index (χ0n) is 19.1. The Morgan fingerprint density at radius 1 is 0.971 bits per heavy atom. The van der Waals surface area contributed by atoms with E-state index in [9.17, 15) is 9.59 Å². The number of nitrogens with one attached hydrogen (secondary N) is 1. The molecule has 1 N–H and O–H groups in total. The summed E-state index contributed by atoms with van der Waals surface area (Å²) in [6, 6.07) is 15.3. The van der Waals surface area contributed by atoms with Crippen LogP contribution in [-0.2, 0) is 4.79 Å². The molecule has 4 aromatic rings. The lowest BCUT2D eigenvalue weighted by Crippen LogP contribution is -2.49. The highest BCUT2D eigenvalue weighted by Gasteiger charge is 2.35. The Kier molecular flexibility index (Phi) is 6.56. The van der Waals surface area contributed by atoms with Crippen LogP contribution in [0.15, 0.2) is 79.4 Å². The fourth-order valence-corrected chi connectivity index (χ4v) is 3.73. The van der Waals surface area contributed by atoms with Crippen LogP contribution in [0.5, 0.6) is 0 Å². The lowest BCUT2D eigenvalue weighted by atomic mass is 10.0. The molecule has 0 saturated carbocycles. The van der Waals surface area contributed by atoms with Crippen molar-refractivity contribution in [3.63, 3.8) is 0 Å². The van der Waals surface area contributed by atoms with Crippen LogP contribution in [0.3, 0.4) is 0 Å². The van der Waals surface area contributed by atoms with Crippen LogP contribution in [0.4, 0.5) is 5.69 Å². The van der Waals surface area contributed by atoms with Crippen molar-refractivity contribution < 1.29 is 9.59 Å².